The Morgan fingerprint density at radius 1 is 0.917 bits per heavy atom. The Labute approximate surface area is 138 Å². The minimum absolute atomic E-state index is 0.277. The molecule has 4 heteroatoms. The number of aromatic nitrogens is 2. The highest BCUT2D eigenvalue weighted by molar-refractivity contribution is 5.89. The molecule has 1 aliphatic carbocycles. The van der Waals surface area contributed by atoms with Gasteiger partial charge in [0, 0.05) is 39.6 Å². The minimum atomic E-state index is 0.277. The summed E-state index contributed by atoms with van der Waals surface area (Å²) in [6.07, 6.45) is 5.29. The first-order chi connectivity index (χ1) is 11.7. The zero-order valence-electron chi connectivity index (χ0n) is 13.1. The summed E-state index contributed by atoms with van der Waals surface area (Å²) in [7, 11) is 0. The van der Waals surface area contributed by atoms with E-state index in [2.05, 4.69) is 16.2 Å². The predicted molar refractivity (Wildman–Crippen MR) is 94.7 cm³/mol. The largest absolute Gasteiger partial charge is 0.508 e. The van der Waals surface area contributed by atoms with Gasteiger partial charge in [-0.3, -0.25) is 0 Å². The fourth-order valence-electron chi connectivity index (χ4n) is 4.18. The van der Waals surface area contributed by atoms with Gasteiger partial charge in [0.05, 0.1) is 0 Å². The van der Waals surface area contributed by atoms with Crippen LogP contribution in [0, 0.1) is 0 Å². The second kappa shape index (κ2) is 4.81. The molecule has 2 aromatic heterocycles. The van der Waals surface area contributed by atoms with Crippen LogP contribution in [-0.4, -0.2) is 20.2 Å². The predicted octanol–water partition coefficient (Wildman–Crippen LogP) is 4.53. The summed E-state index contributed by atoms with van der Waals surface area (Å²) in [5.74, 6) is 0.878. The highest BCUT2D eigenvalue weighted by Crippen LogP contribution is 2.42. The van der Waals surface area contributed by atoms with Gasteiger partial charge in [0.1, 0.15) is 11.5 Å². The number of aryl methyl sites for hydroxylation is 1. The summed E-state index contributed by atoms with van der Waals surface area (Å²) < 4.78 is 0. The lowest BCUT2D eigenvalue weighted by Gasteiger charge is -2.22. The Morgan fingerprint density at radius 3 is 2.50 bits per heavy atom. The van der Waals surface area contributed by atoms with Gasteiger partial charge < -0.3 is 20.2 Å². The van der Waals surface area contributed by atoms with E-state index in [-0.39, 0.29) is 5.92 Å². The molecule has 0 saturated carbocycles. The van der Waals surface area contributed by atoms with Gasteiger partial charge in [-0.05, 0) is 66.8 Å². The van der Waals surface area contributed by atoms with Gasteiger partial charge in [0.2, 0.25) is 0 Å². The van der Waals surface area contributed by atoms with E-state index >= 15 is 0 Å². The molecule has 4 N–H and O–H groups in total. The molecule has 0 aliphatic heterocycles. The molecule has 0 bridgehead atoms. The van der Waals surface area contributed by atoms with Crippen molar-refractivity contribution in [2.24, 2.45) is 0 Å². The number of phenolic OH excluding ortho intramolecular Hbond substituents is 2. The van der Waals surface area contributed by atoms with Crippen molar-refractivity contribution in [1.29, 1.82) is 0 Å². The molecule has 120 valence electrons. The lowest BCUT2D eigenvalue weighted by atomic mass is 9.82. The van der Waals surface area contributed by atoms with Gasteiger partial charge in [0.15, 0.2) is 0 Å². The van der Waals surface area contributed by atoms with Crippen LogP contribution in [0.3, 0.4) is 0 Å². The molecule has 4 nitrogen and oxygen atoms in total. The van der Waals surface area contributed by atoms with E-state index < -0.39 is 0 Å². The molecule has 2 heterocycles. The van der Waals surface area contributed by atoms with Crippen LogP contribution in [0.25, 0.3) is 21.8 Å². The van der Waals surface area contributed by atoms with E-state index in [0.29, 0.717) is 11.5 Å². The molecule has 4 aromatic rings. The molecule has 0 saturated heterocycles. The molecular formula is C20H18N2O2. The van der Waals surface area contributed by atoms with Crippen molar-refractivity contribution in [2.75, 3.05) is 0 Å². The van der Waals surface area contributed by atoms with Gasteiger partial charge in [-0.25, -0.2) is 0 Å². The standard InChI is InChI=1S/C20H18N2O2/c23-11-4-6-18-16(9-11)17(10-21-18)14-3-1-2-13-15-8-12(24)5-7-19(15)22-20(13)14/h4-10,14,21-24H,1-3H2. The third-order valence-corrected chi connectivity index (χ3v) is 5.26. The zero-order valence-corrected chi connectivity index (χ0v) is 13.1. The number of hydrogen-bond donors (Lipinski definition) is 4. The van der Waals surface area contributed by atoms with Crippen molar-refractivity contribution in [3.8, 4) is 11.5 Å². The number of benzene rings is 2. The highest BCUT2D eigenvalue weighted by atomic mass is 16.3. The fourth-order valence-corrected chi connectivity index (χ4v) is 4.18. The Morgan fingerprint density at radius 2 is 1.67 bits per heavy atom. The Kier molecular flexibility index (Phi) is 2.71. The van der Waals surface area contributed by atoms with Crippen LogP contribution in [0.2, 0.25) is 0 Å². The normalized spacial score (nSPS) is 17.4. The number of phenols is 2. The average molecular weight is 318 g/mol. The summed E-state index contributed by atoms with van der Waals surface area (Å²) >= 11 is 0. The molecular weight excluding hydrogens is 300 g/mol. The maximum atomic E-state index is 9.86. The van der Waals surface area contributed by atoms with E-state index in [1.807, 2.05) is 24.3 Å². The van der Waals surface area contributed by atoms with Crippen molar-refractivity contribution in [2.45, 2.75) is 25.2 Å². The molecule has 0 fully saturated rings. The molecule has 5 rings (SSSR count). The van der Waals surface area contributed by atoms with Crippen LogP contribution < -0.4 is 0 Å². The van der Waals surface area contributed by atoms with Crippen LogP contribution >= 0.6 is 0 Å². The zero-order chi connectivity index (χ0) is 16.3. The second-order valence-electron chi connectivity index (χ2n) is 6.67. The van der Waals surface area contributed by atoms with Crippen molar-refractivity contribution in [3.05, 3.63) is 59.4 Å². The monoisotopic (exact) mass is 318 g/mol. The maximum absolute atomic E-state index is 9.86. The van der Waals surface area contributed by atoms with E-state index in [1.165, 1.54) is 16.8 Å². The summed E-state index contributed by atoms with van der Waals surface area (Å²) in [6, 6.07) is 11.0. The van der Waals surface area contributed by atoms with E-state index in [0.717, 1.165) is 41.1 Å². The smallest absolute Gasteiger partial charge is 0.116 e. The number of aromatic amines is 2. The first kappa shape index (κ1) is 13.5. The van der Waals surface area contributed by atoms with Gasteiger partial charge in [-0.15, -0.1) is 0 Å². The van der Waals surface area contributed by atoms with Crippen molar-refractivity contribution in [1.82, 2.24) is 9.97 Å². The maximum Gasteiger partial charge on any atom is 0.116 e. The van der Waals surface area contributed by atoms with Crippen LogP contribution in [-0.2, 0) is 6.42 Å². The fraction of sp³-hybridized carbons (Fsp3) is 0.200. The minimum Gasteiger partial charge on any atom is -0.508 e. The topological polar surface area (TPSA) is 72.0 Å². The number of aromatic hydroxyl groups is 2. The Balaban J connectivity index is 1.73. The quantitative estimate of drug-likeness (QED) is 0.416. The summed E-state index contributed by atoms with van der Waals surface area (Å²) in [5, 5.41) is 21.9. The lowest BCUT2D eigenvalue weighted by molar-refractivity contribution is 0.475. The SMILES string of the molecule is Oc1ccc2[nH]cc(C3CCCc4c3[nH]c3ccc(O)cc43)c2c1. The molecule has 1 unspecified atom stereocenters. The number of rotatable bonds is 1. The van der Waals surface area contributed by atoms with E-state index in [9.17, 15) is 10.2 Å². The van der Waals surface area contributed by atoms with Crippen molar-refractivity contribution in [3.63, 3.8) is 0 Å². The van der Waals surface area contributed by atoms with Crippen LogP contribution in [0.1, 0.15) is 35.6 Å². The van der Waals surface area contributed by atoms with Crippen LogP contribution in [0.5, 0.6) is 11.5 Å². The van der Waals surface area contributed by atoms with Gasteiger partial charge in [0.25, 0.3) is 0 Å². The molecule has 1 aliphatic rings. The lowest BCUT2D eigenvalue weighted by Crippen LogP contribution is -2.10. The first-order valence-corrected chi connectivity index (χ1v) is 8.34. The highest BCUT2D eigenvalue weighted by Gasteiger charge is 2.27. The molecule has 0 spiro atoms. The Bertz CT molecular complexity index is 1070. The molecule has 0 amide bonds. The number of H-pyrrole nitrogens is 2. The molecule has 0 radical (unpaired) electrons. The van der Waals surface area contributed by atoms with Crippen LogP contribution in [0.15, 0.2) is 42.6 Å². The Hall–Kier alpha value is -2.88. The second-order valence-corrected chi connectivity index (χ2v) is 6.67. The third kappa shape index (κ3) is 1.86. The van der Waals surface area contributed by atoms with Crippen LogP contribution in [0.4, 0.5) is 0 Å². The summed E-state index contributed by atoms with van der Waals surface area (Å²) in [6.45, 7) is 0. The molecule has 2 aromatic carbocycles. The number of fused-ring (bicyclic) bond motifs is 4. The van der Waals surface area contributed by atoms with Crippen molar-refractivity contribution >= 4 is 21.8 Å². The average Bonchev–Trinajstić information content (AvgIpc) is 3.15. The van der Waals surface area contributed by atoms with Gasteiger partial charge in [-0.2, -0.15) is 0 Å². The van der Waals surface area contributed by atoms with E-state index in [4.69, 9.17) is 0 Å². The third-order valence-electron chi connectivity index (χ3n) is 5.26. The van der Waals surface area contributed by atoms with Gasteiger partial charge >= 0.3 is 0 Å². The van der Waals surface area contributed by atoms with E-state index in [1.54, 1.807) is 12.1 Å². The first-order valence-electron chi connectivity index (χ1n) is 8.34. The number of nitrogens with one attached hydrogen (secondary N) is 2. The molecule has 1 atom stereocenters. The summed E-state index contributed by atoms with van der Waals surface area (Å²) in [5.41, 5.74) is 5.89. The van der Waals surface area contributed by atoms with Gasteiger partial charge in [-0.1, -0.05) is 0 Å². The van der Waals surface area contributed by atoms with Crippen molar-refractivity contribution < 1.29 is 10.2 Å². The summed E-state index contributed by atoms with van der Waals surface area (Å²) in [4.78, 5) is 6.89. The molecule has 24 heavy (non-hydrogen) atoms. The number of hydrogen-bond acceptors (Lipinski definition) is 2.